The standard InChI is InChI=1S/C21H35N5O/c1-4-22-20(23-12-8-9-17(2)3)24-16-18-10-7-11-19(15-18)25-21(27)26-13-5-6-14-26/h7,10-11,15,17H,4-6,8-9,12-14,16H2,1-3H3,(H,25,27)(H2,22,23,24). The van der Waals surface area contributed by atoms with E-state index in [1.54, 1.807) is 0 Å². The molecule has 1 heterocycles. The zero-order valence-electron chi connectivity index (χ0n) is 17.1. The molecule has 27 heavy (non-hydrogen) atoms. The van der Waals surface area contributed by atoms with Crippen molar-refractivity contribution < 1.29 is 4.79 Å². The fraction of sp³-hybridized carbons (Fsp3) is 0.619. The minimum Gasteiger partial charge on any atom is -0.357 e. The number of benzene rings is 1. The molecule has 6 nitrogen and oxygen atoms in total. The molecule has 1 saturated heterocycles. The average molecular weight is 374 g/mol. The van der Waals surface area contributed by atoms with Gasteiger partial charge in [0.2, 0.25) is 0 Å². The molecule has 0 aromatic heterocycles. The van der Waals surface area contributed by atoms with Crippen LogP contribution in [0.1, 0.15) is 52.0 Å². The summed E-state index contributed by atoms with van der Waals surface area (Å²) < 4.78 is 0. The number of carbonyl (C=O) groups excluding carboxylic acids is 1. The highest BCUT2D eigenvalue weighted by atomic mass is 16.2. The lowest BCUT2D eigenvalue weighted by Gasteiger charge is -2.16. The third-order valence-corrected chi connectivity index (χ3v) is 4.59. The maximum atomic E-state index is 12.2. The number of amides is 2. The van der Waals surface area contributed by atoms with Gasteiger partial charge in [-0.3, -0.25) is 0 Å². The molecule has 2 rings (SSSR count). The van der Waals surface area contributed by atoms with Crippen molar-refractivity contribution in [3.8, 4) is 0 Å². The first kappa shape index (κ1) is 21.1. The van der Waals surface area contributed by atoms with Gasteiger partial charge in [0.1, 0.15) is 0 Å². The first-order valence-electron chi connectivity index (χ1n) is 10.3. The van der Waals surface area contributed by atoms with Crippen LogP contribution in [0.4, 0.5) is 10.5 Å². The van der Waals surface area contributed by atoms with Gasteiger partial charge in [-0.2, -0.15) is 0 Å². The Morgan fingerprint density at radius 3 is 2.70 bits per heavy atom. The number of aliphatic imine (C=N–C) groups is 1. The predicted molar refractivity (Wildman–Crippen MR) is 113 cm³/mol. The molecule has 1 fully saturated rings. The van der Waals surface area contributed by atoms with Crippen molar-refractivity contribution in [1.29, 1.82) is 0 Å². The first-order valence-corrected chi connectivity index (χ1v) is 10.3. The number of nitrogens with zero attached hydrogens (tertiary/aromatic N) is 2. The van der Waals surface area contributed by atoms with Gasteiger partial charge < -0.3 is 20.9 Å². The van der Waals surface area contributed by atoms with Gasteiger partial charge in [-0.1, -0.05) is 26.0 Å². The van der Waals surface area contributed by atoms with Gasteiger partial charge in [-0.25, -0.2) is 9.79 Å². The van der Waals surface area contributed by atoms with Gasteiger partial charge >= 0.3 is 6.03 Å². The average Bonchev–Trinajstić information content (AvgIpc) is 3.18. The maximum Gasteiger partial charge on any atom is 0.321 e. The maximum absolute atomic E-state index is 12.2. The third-order valence-electron chi connectivity index (χ3n) is 4.59. The lowest BCUT2D eigenvalue weighted by Crippen LogP contribution is -2.37. The van der Waals surface area contributed by atoms with Crippen LogP contribution in [0.5, 0.6) is 0 Å². The van der Waals surface area contributed by atoms with E-state index in [1.807, 2.05) is 29.2 Å². The summed E-state index contributed by atoms with van der Waals surface area (Å²) in [5, 5.41) is 9.68. The Kier molecular flexibility index (Phi) is 8.95. The van der Waals surface area contributed by atoms with Crippen molar-refractivity contribution in [2.24, 2.45) is 10.9 Å². The van der Waals surface area contributed by atoms with Crippen LogP contribution in [-0.2, 0) is 6.54 Å². The summed E-state index contributed by atoms with van der Waals surface area (Å²) in [6, 6.07) is 7.93. The van der Waals surface area contributed by atoms with Crippen molar-refractivity contribution in [3.05, 3.63) is 29.8 Å². The van der Waals surface area contributed by atoms with Crippen LogP contribution in [0.25, 0.3) is 0 Å². The number of hydrogen-bond donors (Lipinski definition) is 3. The summed E-state index contributed by atoms with van der Waals surface area (Å²) in [4.78, 5) is 18.8. The Morgan fingerprint density at radius 1 is 1.22 bits per heavy atom. The van der Waals surface area contributed by atoms with Gasteiger partial charge in [-0.05, 0) is 56.2 Å². The molecular formula is C21H35N5O. The van der Waals surface area contributed by atoms with Crippen LogP contribution in [-0.4, -0.2) is 43.1 Å². The van der Waals surface area contributed by atoms with E-state index in [0.29, 0.717) is 6.54 Å². The monoisotopic (exact) mass is 373 g/mol. The molecule has 0 aliphatic carbocycles. The Labute approximate surface area is 163 Å². The normalized spacial score (nSPS) is 14.5. The molecule has 0 spiro atoms. The molecule has 1 aliphatic rings. The first-order chi connectivity index (χ1) is 13.1. The van der Waals surface area contributed by atoms with E-state index in [4.69, 9.17) is 0 Å². The second kappa shape index (κ2) is 11.5. The van der Waals surface area contributed by atoms with Crippen molar-refractivity contribution >= 4 is 17.7 Å². The summed E-state index contributed by atoms with van der Waals surface area (Å²) in [5.74, 6) is 1.57. The van der Waals surface area contributed by atoms with Crippen LogP contribution < -0.4 is 16.0 Å². The molecule has 1 aromatic rings. The van der Waals surface area contributed by atoms with E-state index >= 15 is 0 Å². The predicted octanol–water partition coefficient (Wildman–Crippen LogP) is 3.81. The lowest BCUT2D eigenvalue weighted by atomic mass is 10.1. The molecule has 1 aliphatic heterocycles. The van der Waals surface area contributed by atoms with E-state index in [0.717, 1.165) is 68.6 Å². The van der Waals surface area contributed by atoms with Crippen molar-refractivity contribution in [3.63, 3.8) is 0 Å². The summed E-state index contributed by atoms with van der Waals surface area (Å²) in [6.45, 7) is 10.6. The minimum absolute atomic E-state index is 0.00620. The molecule has 3 N–H and O–H groups in total. The summed E-state index contributed by atoms with van der Waals surface area (Å²) in [7, 11) is 0. The van der Waals surface area contributed by atoms with Crippen LogP contribution >= 0.6 is 0 Å². The van der Waals surface area contributed by atoms with Crippen molar-refractivity contribution in [2.75, 3.05) is 31.5 Å². The number of guanidine groups is 1. The van der Waals surface area contributed by atoms with E-state index in [2.05, 4.69) is 41.7 Å². The zero-order valence-corrected chi connectivity index (χ0v) is 17.1. The van der Waals surface area contributed by atoms with Crippen molar-refractivity contribution in [1.82, 2.24) is 15.5 Å². The Bertz CT molecular complexity index is 608. The molecular weight excluding hydrogens is 338 g/mol. The molecule has 0 unspecified atom stereocenters. The number of rotatable bonds is 8. The quantitative estimate of drug-likeness (QED) is 0.369. The fourth-order valence-electron chi connectivity index (χ4n) is 3.10. The van der Waals surface area contributed by atoms with Gasteiger partial charge in [0.05, 0.1) is 6.54 Å². The highest BCUT2D eigenvalue weighted by Crippen LogP contribution is 2.14. The van der Waals surface area contributed by atoms with Crippen LogP contribution in [0.15, 0.2) is 29.3 Å². The summed E-state index contributed by atoms with van der Waals surface area (Å²) >= 11 is 0. The molecule has 2 amide bonds. The van der Waals surface area contributed by atoms with Crippen LogP contribution in [0.3, 0.4) is 0 Å². The summed E-state index contributed by atoms with van der Waals surface area (Å²) in [6.07, 6.45) is 4.55. The number of likely N-dealkylation sites (tertiary alicyclic amines) is 1. The molecule has 0 bridgehead atoms. The molecule has 0 radical (unpaired) electrons. The van der Waals surface area contributed by atoms with Gasteiger partial charge in [-0.15, -0.1) is 0 Å². The van der Waals surface area contributed by atoms with E-state index in [9.17, 15) is 4.79 Å². The minimum atomic E-state index is -0.00620. The lowest BCUT2D eigenvalue weighted by molar-refractivity contribution is 0.222. The molecule has 6 heteroatoms. The Hall–Kier alpha value is -2.24. The smallest absolute Gasteiger partial charge is 0.321 e. The number of carbonyl (C=O) groups is 1. The highest BCUT2D eigenvalue weighted by Gasteiger charge is 2.17. The molecule has 0 saturated carbocycles. The molecule has 150 valence electrons. The molecule has 0 atom stereocenters. The number of hydrogen-bond acceptors (Lipinski definition) is 2. The Morgan fingerprint density at radius 2 is 2.00 bits per heavy atom. The zero-order chi connectivity index (χ0) is 19.5. The van der Waals surface area contributed by atoms with Gasteiger partial charge in [0.25, 0.3) is 0 Å². The van der Waals surface area contributed by atoms with E-state index < -0.39 is 0 Å². The van der Waals surface area contributed by atoms with E-state index in [-0.39, 0.29) is 6.03 Å². The van der Waals surface area contributed by atoms with Crippen LogP contribution in [0, 0.1) is 5.92 Å². The largest absolute Gasteiger partial charge is 0.357 e. The number of nitrogens with one attached hydrogen (secondary N) is 3. The second-order valence-corrected chi connectivity index (χ2v) is 7.48. The summed E-state index contributed by atoms with van der Waals surface area (Å²) in [5.41, 5.74) is 1.91. The topological polar surface area (TPSA) is 68.8 Å². The SMILES string of the molecule is CCNC(=NCc1cccc(NC(=O)N2CCCC2)c1)NCCCC(C)C. The third kappa shape index (κ3) is 7.89. The fourth-order valence-corrected chi connectivity index (χ4v) is 3.10. The van der Waals surface area contributed by atoms with Crippen molar-refractivity contribution in [2.45, 2.75) is 53.0 Å². The Balaban J connectivity index is 1.88. The van der Waals surface area contributed by atoms with Gasteiger partial charge in [0, 0.05) is 31.9 Å². The number of urea groups is 1. The highest BCUT2D eigenvalue weighted by molar-refractivity contribution is 5.89. The number of anilines is 1. The van der Waals surface area contributed by atoms with Crippen LogP contribution in [0.2, 0.25) is 0 Å². The van der Waals surface area contributed by atoms with E-state index in [1.165, 1.54) is 6.42 Å². The second-order valence-electron chi connectivity index (χ2n) is 7.48. The van der Waals surface area contributed by atoms with Gasteiger partial charge in [0.15, 0.2) is 5.96 Å². The molecule has 1 aromatic carbocycles.